The summed E-state index contributed by atoms with van der Waals surface area (Å²) in [7, 11) is 0. The van der Waals surface area contributed by atoms with Crippen molar-refractivity contribution >= 4 is 0 Å². The third-order valence-electron chi connectivity index (χ3n) is 4.60. The summed E-state index contributed by atoms with van der Waals surface area (Å²) in [6.07, 6.45) is 9.16. The van der Waals surface area contributed by atoms with Crippen LogP contribution in [-0.4, -0.2) is 31.2 Å². The van der Waals surface area contributed by atoms with Crippen molar-refractivity contribution in [3.63, 3.8) is 0 Å². The molecule has 0 saturated carbocycles. The first kappa shape index (κ1) is 16.0. The number of rotatable bonds is 5. The maximum absolute atomic E-state index is 4.73. The van der Waals surface area contributed by atoms with Gasteiger partial charge in [0.25, 0.3) is 0 Å². The molecule has 3 heterocycles. The smallest absolute Gasteiger partial charge is 0.128 e. The SMILES string of the molecule is CCCc1ncc2c(n1)CCN(Cc1cnn(-c3ccccc3)c1)C2. The van der Waals surface area contributed by atoms with Crippen LogP contribution in [0.1, 0.15) is 36.0 Å². The van der Waals surface area contributed by atoms with Crippen LogP contribution in [-0.2, 0) is 25.9 Å². The van der Waals surface area contributed by atoms with Crippen molar-refractivity contribution in [1.82, 2.24) is 24.6 Å². The molecule has 0 atom stereocenters. The summed E-state index contributed by atoms with van der Waals surface area (Å²) in [4.78, 5) is 11.7. The second-order valence-corrected chi connectivity index (χ2v) is 6.60. The highest BCUT2D eigenvalue weighted by Gasteiger charge is 2.19. The molecule has 0 spiro atoms. The number of aryl methyl sites for hydroxylation is 1. The van der Waals surface area contributed by atoms with Gasteiger partial charge in [0.15, 0.2) is 0 Å². The lowest BCUT2D eigenvalue weighted by Gasteiger charge is -2.27. The molecule has 128 valence electrons. The van der Waals surface area contributed by atoms with E-state index in [1.165, 1.54) is 16.8 Å². The molecule has 4 rings (SSSR count). The Morgan fingerprint density at radius 2 is 2.00 bits per heavy atom. The fourth-order valence-electron chi connectivity index (χ4n) is 3.32. The van der Waals surface area contributed by atoms with Crippen LogP contribution in [0.3, 0.4) is 0 Å². The molecule has 0 unspecified atom stereocenters. The zero-order valence-electron chi connectivity index (χ0n) is 14.6. The maximum atomic E-state index is 4.73. The third-order valence-corrected chi connectivity index (χ3v) is 4.60. The summed E-state index contributed by atoms with van der Waals surface area (Å²) in [5, 5.41) is 4.49. The van der Waals surface area contributed by atoms with E-state index in [1.807, 2.05) is 35.3 Å². The van der Waals surface area contributed by atoms with Crippen molar-refractivity contribution < 1.29 is 0 Å². The van der Waals surface area contributed by atoms with Gasteiger partial charge in [0.1, 0.15) is 5.82 Å². The van der Waals surface area contributed by atoms with Crippen LogP contribution in [0, 0.1) is 0 Å². The zero-order valence-corrected chi connectivity index (χ0v) is 14.6. The number of para-hydroxylation sites is 1. The number of benzene rings is 1. The van der Waals surface area contributed by atoms with E-state index in [1.54, 1.807) is 0 Å². The fourth-order valence-corrected chi connectivity index (χ4v) is 3.32. The lowest BCUT2D eigenvalue weighted by Crippen LogP contribution is -2.31. The predicted molar refractivity (Wildman–Crippen MR) is 97.4 cm³/mol. The molecule has 25 heavy (non-hydrogen) atoms. The molecule has 3 aromatic rings. The molecule has 0 aliphatic carbocycles. The minimum atomic E-state index is 0.906. The van der Waals surface area contributed by atoms with Crippen molar-refractivity contribution in [2.45, 2.75) is 39.3 Å². The first-order chi connectivity index (χ1) is 12.3. The first-order valence-corrected chi connectivity index (χ1v) is 8.97. The van der Waals surface area contributed by atoms with E-state index in [4.69, 9.17) is 4.98 Å². The summed E-state index contributed by atoms with van der Waals surface area (Å²) in [6.45, 7) is 5.02. The second-order valence-electron chi connectivity index (χ2n) is 6.60. The second kappa shape index (κ2) is 7.15. The lowest BCUT2D eigenvalue weighted by molar-refractivity contribution is 0.242. The van der Waals surface area contributed by atoms with Gasteiger partial charge in [-0.15, -0.1) is 0 Å². The fraction of sp³-hybridized carbons (Fsp3) is 0.350. The highest BCUT2D eigenvalue weighted by Crippen LogP contribution is 2.19. The van der Waals surface area contributed by atoms with Crippen molar-refractivity contribution in [2.75, 3.05) is 6.54 Å². The van der Waals surface area contributed by atoms with Crippen LogP contribution in [0.25, 0.3) is 5.69 Å². The van der Waals surface area contributed by atoms with Crippen LogP contribution in [0.5, 0.6) is 0 Å². The minimum Gasteiger partial charge on any atom is -0.294 e. The van der Waals surface area contributed by atoms with Gasteiger partial charge >= 0.3 is 0 Å². The molecule has 0 radical (unpaired) electrons. The average Bonchev–Trinajstić information content (AvgIpc) is 3.11. The van der Waals surface area contributed by atoms with E-state index < -0.39 is 0 Å². The highest BCUT2D eigenvalue weighted by molar-refractivity contribution is 5.31. The van der Waals surface area contributed by atoms with Crippen LogP contribution >= 0.6 is 0 Å². The Morgan fingerprint density at radius 1 is 1.12 bits per heavy atom. The topological polar surface area (TPSA) is 46.8 Å². The third kappa shape index (κ3) is 3.61. The van der Waals surface area contributed by atoms with Gasteiger partial charge in [0, 0.05) is 61.7 Å². The normalized spacial score (nSPS) is 14.4. The maximum Gasteiger partial charge on any atom is 0.128 e. The van der Waals surface area contributed by atoms with Gasteiger partial charge in [0.2, 0.25) is 0 Å². The molecule has 1 aliphatic rings. The Labute approximate surface area is 148 Å². The molecule has 5 nitrogen and oxygen atoms in total. The van der Waals surface area contributed by atoms with Gasteiger partial charge in [-0.3, -0.25) is 4.90 Å². The molecule has 0 saturated heterocycles. The Kier molecular flexibility index (Phi) is 4.57. The van der Waals surface area contributed by atoms with E-state index in [9.17, 15) is 0 Å². The van der Waals surface area contributed by atoms with E-state index in [0.717, 1.165) is 50.4 Å². The molecular formula is C20H23N5. The van der Waals surface area contributed by atoms with Gasteiger partial charge in [-0.25, -0.2) is 14.6 Å². The standard InChI is InChI=1S/C20H23N5/c1-2-6-20-21-12-17-15-24(10-9-19(17)23-20)13-16-11-22-25(14-16)18-7-4-3-5-8-18/h3-5,7-8,11-12,14H,2,6,9-10,13,15H2,1H3. The molecule has 0 N–H and O–H groups in total. The summed E-state index contributed by atoms with van der Waals surface area (Å²) < 4.78 is 1.94. The predicted octanol–water partition coefficient (Wildman–Crippen LogP) is 3.17. The Morgan fingerprint density at radius 3 is 2.84 bits per heavy atom. The highest BCUT2D eigenvalue weighted by atomic mass is 15.3. The zero-order chi connectivity index (χ0) is 17.1. The Balaban J connectivity index is 1.44. The number of aromatic nitrogens is 4. The quantitative estimate of drug-likeness (QED) is 0.719. The Bertz CT molecular complexity index is 840. The van der Waals surface area contributed by atoms with E-state index in [0.29, 0.717) is 0 Å². The van der Waals surface area contributed by atoms with E-state index in [2.05, 4.69) is 40.2 Å². The van der Waals surface area contributed by atoms with Gasteiger partial charge in [0.05, 0.1) is 11.9 Å². The molecule has 0 bridgehead atoms. The number of fused-ring (bicyclic) bond motifs is 1. The molecular weight excluding hydrogens is 310 g/mol. The molecule has 5 heteroatoms. The average molecular weight is 333 g/mol. The number of nitrogens with zero attached hydrogens (tertiary/aromatic N) is 5. The summed E-state index contributed by atoms with van der Waals surface area (Å²) in [5.74, 6) is 0.985. The van der Waals surface area contributed by atoms with Crippen molar-refractivity contribution in [3.05, 3.63) is 71.6 Å². The number of hydrogen-bond donors (Lipinski definition) is 0. The number of hydrogen-bond acceptors (Lipinski definition) is 4. The van der Waals surface area contributed by atoms with Gasteiger partial charge in [-0.05, 0) is 18.6 Å². The lowest BCUT2D eigenvalue weighted by atomic mass is 10.1. The largest absolute Gasteiger partial charge is 0.294 e. The van der Waals surface area contributed by atoms with Crippen LogP contribution < -0.4 is 0 Å². The summed E-state index contributed by atoms with van der Waals surface area (Å²) in [5.41, 5.74) is 4.82. The van der Waals surface area contributed by atoms with E-state index >= 15 is 0 Å². The Hall–Kier alpha value is -2.53. The summed E-state index contributed by atoms with van der Waals surface area (Å²) >= 11 is 0. The van der Waals surface area contributed by atoms with Gasteiger partial charge < -0.3 is 0 Å². The molecule has 0 fully saturated rings. The van der Waals surface area contributed by atoms with Gasteiger partial charge in [-0.1, -0.05) is 25.1 Å². The molecule has 2 aromatic heterocycles. The van der Waals surface area contributed by atoms with Gasteiger partial charge in [-0.2, -0.15) is 5.10 Å². The van der Waals surface area contributed by atoms with Crippen LogP contribution in [0.4, 0.5) is 0 Å². The summed E-state index contributed by atoms with van der Waals surface area (Å²) in [6, 6.07) is 10.2. The van der Waals surface area contributed by atoms with E-state index in [-0.39, 0.29) is 0 Å². The van der Waals surface area contributed by atoms with Crippen molar-refractivity contribution in [2.24, 2.45) is 0 Å². The molecule has 1 aliphatic heterocycles. The molecule has 0 amide bonds. The van der Waals surface area contributed by atoms with Crippen LogP contribution in [0.15, 0.2) is 48.9 Å². The monoisotopic (exact) mass is 333 g/mol. The van der Waals surface area contributed by atoms with Crippen LogP contribution in [0.2, 0.25) is 0 Å². The van der Waals surface area contributed by atoms with Crippen molar-refractivity contribution in [1.29, 1.82) is 0 Å². The minimum absolute atomic E-state index is 0.906. The molecule has 1 aromatic carbocycles. The first-order valence-electron chi connectivity index (χ1n) is 8.97. The van der Waals surface area contributed by atoms with Crippen molar-refractivity contribution in [3.8, 4) is 5.69 Å².